The van der Waals surface area contributed by atoms with E-state index in [0.29, 0.717) is 30.1 Å². The highest BCUT2D eigenvalue weighted by Gasteiger charge is 2.13. The van der Waals surface area contributed by atoms with Crippen molar-refractivity contribution in [1.82, 2.24) is 19.6 Å². The van der Waals surface area contributed by atoms with Crippen LogP contribution in [0.5, 0.6) is 0 Å². The molecule has 6 nitrogen and oxygen atoms in total. The van der Waals surface area contributed by atoms with Crippen molar-refractivity contribution in [2.75, 3.05) is 5.32 Å². The third-order valence-electron chi connectivity index (χ3n) is 4.58. The summed E-state index contributed by atoms with van der Waals surface area (Å²) in [6.45, 7) is 4.40. The van der Waals surface area contributed by atoms with E-state index in [-0.39, 0.29) is 5.56 Å². The van der Waals surface area contributed by atoms with Crippen molar-refractivity contribution < 1.29 is 0 Å². The van der Waals surface area contributed by atoms with Gasteiger partial charge in [-0.05, 0) is 31.5 Å². The average molecular weight is 359 g/mol. The van der Waals surface area contributed by atoms with Crippen molar-refractivity contribution in [3.8, 4) is 0 Å². The molecule has 0 aliphatic heterocycles. The molecule has 0 fully saturated rings. The minimum Gasteiger partial charge on any atom is -0.378 e. The van der Waals surface area contributed by atoms with Gasteiger partial charge in [0.25, 0.3) is 11.3 Å². The van der Waals surface area contributed by atoms with Gasteiger partial charge in [0.2, 0.25) is 0 Å². The molecule has 6 heteroatoms. The largest absolute Gasteiger partial charge is 0.378 e. The van der Waals surface area contributed by atoms with Crippen LogP contribution < -0.4 is 10.9 Å². The van der Waals surface area contributed by atoms with Gasteiger partial charge < -0.3 is 5.32 Å². The zero-order chi connectivity index (χ0) is 18.8. The fourth-order valence-electron chi connectivity index (χ4n) is 3.03. The zero-order valence-corrected chi connectivity index (χ0v) is 15.4. The molecule has 0 unspecified atom stereocenters. The highest BCUT2D eigenvalue weighted by molar-refractivity contribution is 5.43. The Morgan fingerprint density at radius 3 is 2.48 bits per heavy atom. The number of aryl methyl sites for hydroxylation is 2. The van der Waals surface area contributed by atoms with Crippen LogP contribution in [0, 0.1) is 13.8 Å². The number of hydrogen-bond acceptors (Lipinski definition) is 4. The standard InChI is InChI=1S/C21H21N5O/c1-14-8-10-16(11-9-14)12-18-15(2)23-21-24-19(25-26(21)20(18)27)13-22-17-6-4-3-5-7-17/h3-11,22H,12-13H2,1-2H3,(H,23,24,25). The van der Waals surface area contributed by atoms with Crippen LogP contribution in [0.25, 0.3) is 5.78 Å². The lowest BCUT2D eigenvalue weighted by Crippen LogP contribution is -2.22. The molecule has 2 aromatic heterocycles. The predicted octanol–water partition coefficient (Wildman–Crippen LogP) is 3.24. The van der Waals surface area contributed by atoms with Crippen LogP contribution in [-0.2, 0) is 13.0 Å². The Balaban J connectivity index is 1.62. The van der Waals surface area contributed by atoms with Crippen LogP contribution >= 0.6 is 0 Å². The van der Waals surface area contributed by atoms with Crippen molar-refractivity contribution in [2.24, 2.45) is 0 Å². The molecule has 27 heavy (non-hydrogen) atoms. The molecule has 0 spiro atoms. The summed E-state index contributed by atoms with van der Waals surface area (Å²) in [5, 5.41) is 6.34. The number of rotatable bonds is 5. The number of nitrogens with zero attached hydrogens (tertiary/aromatic N) is 3. The first-order valence-electron chi connectivity index (χ1n) is 8.92. The molecule has 2 aromatic carbocycles. The number of H-pyrrole nitrogens is 1. The molecular weight excluding hydrogens is 338 g/mol. The third kappa shape index (κ3) is 3.60. The fraction of sp³-hybridized carbons (Fsp3) is 0.190. The van der Waals surface area contributed by atoms with Gasteiger partial charge in [0, 0.05) is 17.7 Å². The lowest BCUT2D eigenvalue weighted by molar-refractivity contribution is 0.832. The van der Waals surface area contributed by atoms with Crippen LogP contribution in [-0.4, -0.2) is 19.6 Å². The lowest BCUT2D eigenvalue weighted by Gasteiger charge is -2.05. The number of fused-ring (bicyclic) bond motifs is 1. The number of para-hydroxylation sites is 1. The first-order valence-corrected chi connectivity index (χ1v) is 8.92. The molecule has 0 saturated heterocycles. The second kappa shape index (κ2) is 7.07. The summed E-state index contributed by atoms with van der Waals surface area (Å²) in [4.78, 5) is 21.9. The molecule has 0 saturated carbocycles. The van der Waals surface area contributed by atoms with E-state index in [2.05, 4.69) is 32.5 Å². The van der Waals surface area contributed by atoms with E-state index in [1.807, 2.05) is 56.3 Å². The molecule has 0 aliphatic rings. The summed E-state index contributed by atoms with van der Waals surface area (Å²) in [6.07, 6.45) is 0.553. The van der Waals surface area contributed by atoms with Crippen LogP contribution in [0.2, 0.25) is 0 Å². The van der Waals surface area contributed by atoms with E-state index in [0.717, 1.165) is 16.9 Å². The zero-order valence-electron chi connectivity index (χ0n) is 15.4. The van der Waals surface area contributed by atoms with Crippen molar-refractivity contribution >= 4 is 11.5 Å². The summed E-state index contributed by atoms with van der Waals surface area (Å²) >= 11 is 0. The summed E-state index contributed by atoms with van der Waals surface area (Å²) in [7, 11) is 0. The third-order valence-corrected chi connectivity index (χ3v) is 4.58. The van der Waals surface area contributed by atoms with Crippen LogP contribution in [0.4, 0.5) is 5.69 Å². The van der Waals surface area contributed by atoms with Crippen LogP contribution in [0.3, 0.4) is 0 Å². The molecule has 2 heterocycles. The van der Waals surface area contributed by atoms with Gasteiger partial charge in [-0.1, -0.05) is 48.0 Å². The number of aromatic amines is 1. The highest BCUT2D eigenvalue weighted by atomic mass is 16.1. The molecule has 0 atom stereocenters. The molecule has 4 aromatic rings. The molecular formula is C21H21N5O. The number of hydrogen-bond donors (Lipinski definition) is 2. The summed E-state index contributed by atoms with van der Waals surface area (Å²) in [5.41, 5.74) is 4.58. The maximum absolute atomic E-state index is 12.9. The Kier molecular flexibility index (Phi) is 4.46. The van der Waals surface area contributed by atoms with Gasteiger partial charge in [0.1, 0.15) is 5.82 Å². The average Bonchev–Trinajstić information content (AvgIpc) is 3.09. The van der Waals surface area contributed by atoms with Gasteiger partial charge in [0.05, 0.1) is 12.2 Å². The Labute approximate surface area is 156 Å². The van der Waals surface area contributed by atoms with Crippen LogP contribution in [0.1, 0.15) is 28.2 Å². The van der Waals surface area contributed by atoms with Crippen LogP contribution in [0.15, 0.2) is 59.4 Å². The van der Waals surface area contributed by atoms with Gasteiger partial charge in [-0.15, -0.1) is 0 Å². The minimum atomic E-state index is -0.100. The van der Waals surface area contributed by atoms with Gasteiger partial charge >= 0.3 is 0 Å². The van der Waals surface area contributed by atoms with Crippen molar-refractivity contribution in [2.45, 2.75) is 26.8 Å². The Bertz CT molecular complexity index is 1130. The van der Waals surface area contributed by atoms with Crippen molar-refractivity contribution in [1.29, 1.82) is 0 Å². The van der Waals surface area contributed by atoms with Gasteiger partial charge in [0.15, 0.2) is 0 Å². The Morgan fingerprint density at radius 2 is 1.74 bits per heavy atom. The number of aromatic nitrogens is 4. The van der Waals surface area contributed by atoms with Crippen molar-refractivity contribution in [3.05, 3.63) is 93.2 Å². The SMILES string of the molecule is Cc1ccc(Cc2c(C)nc3nc(CNc4ccccc4)[nH]n3c2=O)cc1. The van der Waals surface area contributed by atoms with E-state index in [1.54, 1.807) is 0 Å². The summed E-state index contributed by atoms with van der Waals surface area (Å²) in [5.74, 6) is 1.06. The normalized spacial score (nSPS) is 11.0. The second-order valence-corrected chi connectivity index (χ2v) is 6.67. The van der Waals surface area contributed by atoms with Gasteiger partial charge in [-0.25, -0.2) is 4.98 Å². The second-order valence-electron chi connectivity index (χ2n) is 6.67. The molecule has 0 aliphatic carbocycles. The first-order chi connectivity index (χ1) is 13.1. The van der Waals surface area contributed by atoms with Gasteiger partial charge in [-0.2, -0.15) is 9.50 Å². The number of benzene rings is 2. The smallest absolute Gasteiger partial charge is 0.277 e. The fourth-order valence-corrected chi connectivity index (χ4v) is 3.03. The minimum absolute atomic E-state index is 0.100. The van der Waals surface area contributed by atoms with E-state index in [9.17, 15) is 4.79 Å². The lowest BCUT2D eigenvalue weighted by atomic mass is 10.0. The highest BCUT2D eigenvalue weighted by Crippen LogP contribution is 2.12. The molecule has 4 rings (SSSR count). The van der Waals surface area contributed by atoms with E-state index >= 15 is 0 Å². The molecule has 136 valence electrons. The quantitative estimate of drug-likeness (QED) is 0.574. The van der Waals surface area contributed by atoms with E-state index in [1.165, 1.54) is 10.1 Å². The Morgan fingerprint density at radius 1 is 1.00 bits per heavy atom. The maximum atomic E-state index is 12.9. The molecule has 0 amide bonds. The molecule has 2 N–H and O–H groups in total. The Hall–Kier alpha value is -3.41. The summed E-state index contributed by atoms with van der Waals surface area (Å²) in [6, 6.07) is 18.1. The topological polar surface area (TPSA) is 75.1 Å². The van der Waals surface area contributed by atoms with Gasteiger partial charge in [-0.3, -0.25) is 9.89 Å². The number of nitrogens with one attached hydrogen (secondary N) is 2. The molecule has 0 bridgehead atoms. The van der Waals surface area contributed by atoms with E-state index < -0.39 is 0 Å². The molecule has 0 radical (unpaired) electrons. The monoisotopic (exact) mass is 359 g/mol. The first kappa shape index (κ1) is 17.0. The summed E-state index contributed by atoms with van der Waals surface area (Å²) < 4.78 is 1.43. The van der Waals surface area contributed by atoms with Crippen molar-refractivity contribution in [3.63, 3.8) is 0 Å². The predicted molar refractivity (Wildman–Crippen MR) is 106 cm³/mol. The number of anilines is 1. The maximum Gasteiger partial charge on any atom is 0.277 e. The van der Waals surface area contributed by atoms with E-state index in [4.69, 9.17) is 0 Å².